The zero-order chi connectivity index (χ0) is 31.6. The first-order valence-electron chi connectivity index (χ1n) is 14.7. The minimum Gasteiger partial charge on any atom is -0.459 e. The third-order valence-corrected chi connectivity index (χ3v) is 6.67. The Balaban J connectivity index is 1.52. The first-order chi connectivity index (χ1) is 21.3. The van der Waals surface area contributed by atoms with Crippen LogP contribution in [0.4, 0.5) is 9.59 Å². The van der Waals surface area contributed by atoms with E-state index in [2.05, 4.69) is 16.0 Å². The van der Waals surface area contributed by atoms with E-state index >= 15 is 0 Å². The van der Waals surface area contributed by atoms with Crippen molar-refractivity contribution in [1.82, 2.24) is 16.0 Å². The fraction of sp³-hybridized carbons (Fsp3) is 0.353. The SMILES string of the molecule is CC(C)[C@@H](NC(=O)[C@H](CCCCNC(=O)OCc1ccccc1)NC(=O)OCc1ccccc1)C(=O)OCc1ccccc1. The maximum absolute atomic E-state index is 13.4. The number of rotatable bonds is 16. The molecule has 0 spiro atoms. The van der Waals surface area contributed by atoms with Crippen molar-refractivity contribution in [3.63, 3.8) is 0 Å². The number of carbonyl (C=O) groups is 4. The van der Waals surface area contributed by atoms with E-state index in [0.29, 0.717) is 19.4 Å². The number of benzene rings is 3. The molecule has 44 heavy (non-hydrogen) atoms. The van der Waals surface area contributed by atoms with Crippen LogP contribution in [0.5, 0.6) is 0 Å². The molecule has 3 rings (SSSR count). The Morgan fingerprint density at radius 2 is 1.09 bits per heavy atom. The van der Waals surface area contributed by atoms with E-state index in [1.807, 2.05) is 91.0 Å². The van der Waals surface area contributed by atoms with Crippen LogP contribution in [0.2, 0.25) is 0 Å². The van der Waals surface area contributed by atoms with Crippen LogP contribution in [0.3, 0.4) is 0 Å². The summed E-state index contributed by atoms with van der Waals surface area (Å²) >= 11 is 0. The molecule has 10 nitrogen and oxygen atoms in total. The van der Waals surface area contributed by atoms with Crippen molar-refractivity contribution >= 4 is 24.1 Å². The molecule has 3 N–H and O–H groups in total. The first-order valence-corrected chi connectivity index (χ1v) is 14.7. The largest absolute Gasteiger partial charge is 0.459 e. The minimum atomic E-state index is -0.980. The summed E-state index contributed by atoms with van der Waals surface area (Å²) in [6.45, 7) is 4.20. The zero-order valence-corrected chi connectivity index (χ0v) is 25.2. The molecule has 0 saturated carbocycles. The van der Waals surface area contributed by atoms with Gasteiger partial charge in [0.2, 0.25) is 5.91 Å². The molecule has 10 heteroatoms. The van der Waals surface area contributed by atoms with E-state index in [0.717, 1.165) is 16.7 Å². The van der Waals surface area contributed by atoms with E-state index in [9.17, 15) is 19.2 Å². The van der Waals surface area contributed by atoms with E-state index in [-0.39, 0.29) is 32.2 Å². The molecule has 0 radical (unpaired) electrons. The molecular formula is C34H41N3O7. The van der Waals surface area contributed by atoms with Crippen LogP contribution in [-0.4, -0.2) is 42.7 Å². The highest BCUT2D eigenvalue weighted by Gasteiger charge is 2.30. The van der Waals surface area contributed by atoms with Gasteiger partial charge in [-0.3, -0.25) is 4.79 Å². The lowest BCUT2D eigenvalue weighted by Gasteiger charge is -2.24. The third kappa shape index (κ3) is 12.6. The second-order valence-corrected chi connectivity index (χ2v) is 10.6. The van der Waals surface area contributed by atoms with Crippen molar-refractivity contribution in [2.45, 2.75) is 65.0 Å². The van der Waals surface area contributed by atoms with Crippen molar-refractivity contribution in [3.8, 4) is 0 Å². The van der Waals surface area contributed by atoms with Gasteiger partial charge in [0.25, 0.3) is 0 Å². The Hall–Kier alpha value is -4.86. The molecule has 0 aliphatic rings. The Labute approximate surface area is 258 Å². The summed E-state index contributed by atoms with van der Waals surface area (Å²) in [5.41, 5.74) is 2.51. The zero-order valence-electron chi connectivity index (χ0n) is 25.2. The highest BCUT2D eigenvalue weighted by molar-refractivity contribution is 5.89. The summed E-state index contributed by atoms with van der Waals surface area (Å²) in [6, 6.07) is 25.9. The van der Waals surface area contributed by atoms with Gasteiger partial charge in [0.15, 0.2) is 0 Å². The summed E-state index contributed by atoms with van der Waals surface area (Å²) in [5, 5.41) is 8.07. The van der Waals surface area contributed by atoms with Crippen LogP contribution in [0.15, 0.2) is 91.0 Å². The average molecular weight is 604 g/mol. The third-order valence-electron chi connectivity index (χ3n) is 6.67. The van der Waals surface area contributed by atoms with Crippen LogP contribution in [-0.2, 0) is 43.6 Å². The number of unbranched alkanes of at least 4 members (excludes halogenated alkanes) is 1. The molecule has 0 aliphatic carbocycles. The minimum absolute atomic E-state index is 0.0382. The monoisotopic (exact) mass is 603 g/mol. The first kappa shape index (κ1) is 33.6. The van der Waals surface area contributed by atoms with Gasteiger partial charge in [-0.05, 0) is 41.9 Å². The molecule has 0 aliphatic heterocycles. The molecular weight excluding hydrogens is 562 g/mol. The number of amides is 3. The van der Waals surface area contributed by atoms with E-state index in [1.165, 1.54) is 0 Å². The highest BCUT2D eigenvalue weighted by atomic mass is 16.6. The lowest BCUT2D eigenvalue weighted by molar-refractivity contribution is -0.150. The molecule has 0 aromatic heterocycles. The lowest BCUT2D eigenvalue weighted by atomic mass is 10.0. The number of hydrogen-bond acceptors (Lipinski definition) is 7. The van der Waals surface area contributed by atoms with Gasteiger partial charge < -0.3 is 30.2 Å². The highest BCUT2D eigenvalue weighted by Crippen LogP contribution is 2.10. The van der Waals surface area contributed by atoms with E-state index in [1.54, 1.807) is 13.8 Å². The average Bonchev–Trinajstić information content (AvgIpc) is 3.04. The summed E-state index contributed by atoms with van der Waals surface area (Å²) in [6.07, 6.45) is -0.0426. The molecule has 3 amide bonds. The molecule has 2 atom stereocenters. The molecule has 0 bridgehead atoms. The van der Waals surface area contributed by atoms with Crippen LogP contribution in [0.25, 0.3) is 0 Å². The van der Waals surface area contributed by atoms with Gasteiger partial charge in [-0.15, -0.1) is 0 Å². The Bertz CT molecular complexity index is 1300. The van der Waals surface area contributed by atoms with Crippen LogP contribution >= 0.6 is 0 Å². The number of hydrogen-bond donors (Lipinski definition) is 3. The standard InChI is InChI=1S/C34H41N3O7/c1-25(2)30(32(39)42-22-26-14-6-3-7-15-26)37-31(38)29(36-34(41)44-24-28-18-10-5-11-19-28)20-12-13-21-35-33(40)43-23-27-16-8-4-9-17-27/h3-11,14-19,25,29-30H,12-13,20-24H2,1-2H3,(H,35,40)(H,36,41)(H,37,38)/t29-,30+/m0/s1. The van der Waals surface area contributed by atoms with Crippen molar-refractivity contribution in [2.24, 2.45) is 5.92 Å². The van der Waals surface area contributed by atoms with Crippen LogP contribution in [0, 0.1) is 5.92 Å². The van der Waals surface area contributed by atoms with Gasteiger partial charge in [0, 0.05) is 6.54 Å². The lowest BCUT2D eigenvalue weighted by Crippen LogP contribution is -2.53. The number of alkyl carbamates (subject to hydrolysis) is 2. The number of ether oxygens (including phenoxy) is 3. The van der Waals surface area contributed by atoms with Gasteiger partial charge >= 0.3 is 18.2 Å². The number of esters is 1. The molecule has 3 aromatic carbocycles. The van der Waals surface area contributed by atoms with Crippen LogP contribution in [0.1, 0.15) is 49.8 Å². The summed E-state index contributed by atoms with van der Waals surface area (Å²) in [7, 11) is 0. The molecule has 0 unspecified atom stereocenters. The molecule has 0 saturated heterocycles. The van der Waals surface area contributed by atoms with E-state index in [4.69, 9.17) is 14.2 Å². The predicted octanol–water partition coefficient (Wildman–Crippen LogP) is 5.26. The molecule has 3 aromatic rings. The topological polar surface area (TPSA) is 132 Å². The number of carbonyl (C=O) groups excluding carboxylic acids is 4. The van der Waals surface area contributed by atoms with Crippen molar-refractivity contribution < 1.29 is 33.4 Å². The Morgan fingerprint density at radius 1 is 0.614 bits per heavy atom. The summed E-state index contributed by atoms with van der Waals surface area (Å²) in [4.78, 5) is 50.9. The van der Waals surface area contributed by atoms with E-state index < -0.39 is 36.1 Å². The van der Waals surface area contributed by atoms with Gasteiger partial charge in [-0.25, -0.2) is 14.4 Å². The van der Waals surface area contributed by atoms with Gasteiger partial charge in [0.1, 0.15) is 31.9 Å². The molecule has 234 valence electrons. The normalized spacial score (nSPS) is 12.0. The summed E-state index contributed by atoms with van der Waals surface area (Å²) in [5.74, 6) is -1.37. The molecule has 0 fully saturated rings. The van der Waals surface area contributed by atoms with Gasteiger partial charge in [-0.1, -0.05) is 105 Å². The fourth-order valence-corrected chi connectivity index (χ4v) is 4.18. The molecule has 0 heterocycles. The smallest absolute Gasteiger partial charge is 0.408 e. The van der Waals surface area contributed by atoms with Crippen molar-refractivity contribution in [3.05, 3.63) is 108 Å². The van der Waals surface area contributed by atoms with Crippen molar-refractivity contribution in [2.75, 3.05) is 6.54 Å². The second kappa shape index (κ2) is 18.6. The predicted molar refractivity (Wildman–Crippen MR) is 165 cm³/mol. The summed E-state index contributed by atoms with van der Waals surface area (Å²) < 4.78 is 16.0. The van der Waals surface area contributed by atoms with Gasteiger partial charge in [0.05, 0.1) is 0 Å². The Morgan fingerprint density at radius 3 is 1.59 bits per heavy atom. The Kier molecular flexibility index (Phi) is 14.2. The maximum atomic E-state index is 13.4. The number of nitrogens with one attached hydrogen (secondary N) is 3. The maximum Gasteiger partial charge on any atom is 0.408 e. The van der Waals surface area contributed by atoms with Crippen LogP contribution < -0.4 is 16.0 Å². The second-order valence-electron chi connectivity index (χ2n) is 10.6. The van der Waals surface area contributed by atoms with Gasteiger partial charge in [-0.2, -0.15) is 0 Å². The quantitative estimate of drug-likeness (QED) is 0.116. The fourth-order valence-electron chi connectivity index (χ4n) is 4.18. The van der Waals surface area contributed by atoms with Crippen molar-refractivity contribution in [1.29, 1.82) is 0 Å².